The van der Waals surface area contributed by atoms with Gasteiger partial charge in [-0.05, 0) is 38.1 Å². The first-order valence-corrected chi connectivity index (χ1v) is 7.82. The molecule has 0 atom stereocenters. The highest BCUT2D eigenvalue weighted by Gasteiger charge is 2.11. The lowest BCUT2D eigenvalue weighted by molar-refractivity contribution is 0.0374. The van der Waals surface area contributed by atoms with Crippen LogP contribution < -0.4 is 5.32 Å². The summed E-state index contributed by atoms with van der Waals surface area (Å²) in [5.41, 5.74) is 1.10. The second-order valence-corrected chi connectivity index (χ2v) is 6.24. The lowest BCUT2D eigenvalue weighted by Crippen LogP contribution is -2.37. The third-order valence-electron chi connectivity index (χ3n) is 3.48. The fourth-order valence-corrected chi connectivity index (χ4v) is 3.16. The zero-order valence-electron chi connectivity index (χ0n) is 11.9. The van der Waals surface area contributed by atoms with E-state index in [2.05, 4.69) is 10.2 Å². The van der Waals surface area contributed by atoms with Gasteiger partial charge in [0.2, 0.25) is 0 Å². The zero-order valence-corrected chi connectivity index (χ0v) is 12.7. The van der Waals surface area contributed by atoms with Crippen LogP contribution in [0, 0.1) is 6.92 Å². The molecule has 0 aliphatic carbocycles. The highest BCUT2D eigenvalue weighted by Crippen LogP contribution is 2.21. The smallest absolute Gasteiger partial charge is 0.345 e. The zero-order chi connectivity index (χ0) is 14.4. The number of hydrogen-bond donors (Lipinski definition) is 2. The Morgan fingerprint density at radius 2 is 2.25 bits per heavy atom. The van der Waals surface area contributed by atoms with Crippen molar-refractivity contribution in [1.82, 2.24) is 10.2 Å². The number of carboxylic acids is 1. The van der Waals surface area contributed by atoms with Gasteiger partial charge in [0.1, 0.15) is 4.88 Å². The third kappa shape index (κ3) is 4.56. The lowest BCUT2D eigenvalue weighted by Gasteiger charge is -2.26. The standard InChI is InChI=1S/C14H22N2O3S/c1-11-12(9-13(20-11)14(17)18)10-15-3-2-4-16-5-7-19-8-6-16/h9,15H,2-8,10H2,1H3,(H,17,18). The van der Waals surface area contributed by atoms with Gasteiger partial charge in [-0.15, -0.1) is 11.3 Å². The van der Waals surface area contributed by atoms with Crippen molar-refractivity contribution >= 4 is 17.3 Å². The highest BCUT2D eigenvalue weighted by molar-refractivity contribution is 7.14. The average molecular weight is 298 g/mol. The Labute approximate surface area is 123 Å². The fraction of sp³-hybridized carbons (Fsp3) is 0.643. The van der Waals surface area contributed by atoms with Crippen LogP contribution in [0.5, 0.6) is 0 Å². The summed E-state index contributed by atoms with van der Waals surface area (Å²) in [7, 11) is 0. The van der Waals surface area contributed by atoms with Crippen LogP contribution in [0.3, 0.4) is 0 Å². The molecule has 112 valence electrons. The van der Waals surface area contributed by atoms with Gasteiger partial charge in [-0.1, -0.05) is 0 Å². The third-order valence-corrected chi connectivity index (χ3v) is 4.56. The topological polar surface area (TPSA) is 61.8 Å². The average Bonchev–Trinajstić information content (AvgIpc) is 2.81. The molecule has 0 radical (unpaired) electrons. The van der Waals surface area contributed by atoms with E-state index in [0.717, 1.165) is 62.8 Å². The molecule has 0 amide bonds. The molecular formula is C14H22N2O3S. The summed E-state index contributed by atoms with van der Waals surface area (Å²) in [6, 6.07) is 1.78. The molecule has 6 heteroatoms. The quantitative estimate of drug-likeness (QED) is 0.748. The summed E-state index contributed by atoms with van der Waals surface area (Å²) in [5, 5.41) is 12.3. The maximum absolute atomic E-state index is 10.9. The normalized spacial score (nSPS) is 16.4. The van der Waals surface area contributed by atoms with Gasteiger partial charge in [0.25, 0.3) is 0 Å². The lowest BCUT2D eigenvalue weighted by atomic mass is 10.2. The van der Waals surface area contributed by atoms with Crippen LogP contribution in [0.15, 0.2) is 6.07 Å². The first-order chi connectivity index (χ1) is 9.66. The van der Waals surface area contributed by atoms with Crippen molar-refractivity contribution < 1.29 is 14.6 Å². The van der Waals surface area contributed by atoms with Crippen LogP contribution in [0.1, 0.15) is 26.5 Å². The van der Waals surface area contributed by atoms with Crippen LogP contribution in [0.25, 0.3) is 0 Å². The Kier molecular flexibility index (Phi) is 5.97. The molecule has 0 spiro atoms. The maximum Gasteiger partial charge on any atom is 0.345 e. The summed E-state index contributed by atoms with van der Waals surface area (Å²) >= 11 is 1.35. The number of morpholine rings is 1. The van der Waals surface area contributed by atoms with Gasteiger partial charge in [-0.25, -0.2) is 4.79 Å². The van der Waals surface area contributed by atoms with Crippen LogP contribution in [-0.4, -0.2) is 55.4 Å². The molecule has 1 aliphatic heterocycles. The van der Waals surface area contributed by atoms with E-state index in [4.69, 9.17) is 9.84 Å². The van der Waals surface area contributed by atoms with Crippen molar-refractivity contribution in [3.8, 4) is 0 Å². The minimum atomic E-state index is -0.836. The summed E-state index contributed by atoms with van der Waals surface area (Å²) in [5.74, 6) is -0.836. The van der Waals surface area contributed by atoms with E-state index in [9.17, 15) is 4.79 Å². The van der Waals surface area contributed by atoms with Gasteiger partial charge in [0.15, 0.2) is 0 Å². The fourth-order valence-electron chi connectivity index (χ4n) is 2.28. The summed E-state index contributed by atoms with van der Waals surface area (Å²) < 4.78 is 5.32. The second-order valence-electron chi connectivity index (χ2n) is 4.98. The van der Waals surface area contributed by atoms with Crippen LogP contribution in [-0.2, 0) is 11.3 Å². The first-order valence-electron chi connectivity index (χ1n) is 7.00. The van der Waals surface area contributed by atoms with E-state index >= 15 is 0 Å². The van der Waals surface area contributed by atoms with Crippen LogP contribution >= 0.6 is 11.3 Å². The Morgan fingerprint density at radius 1 is 1.50 bits per heavy atom. The minimum absolute atomic E-state index is 0.424. The SMILES string of the molecule is Cc1sc(C(=O)O)cc1CNCCCN1CCOCC1. The molecular weight excluding hydrogens is 276 g/mol. The van der Waals surface area contributed by atoms with E-state index in [0.29, 0.717) is 4.88 Å². The predicted octanol–water partition coefficient (Wildman–Crippen LogP) is 1.57. The van der Waals surface area contributed by atoms with Crippen LogP contribution in [0.4, 0.5) is 0 Å². The highest BCUT2D eigenvalue weighted by atomic mass is 32.1. The number of nitrogens with one attached hydrogen (secondary N) is 1. The van der Waals surface area contributed by atoms with Gasteiger partial charge >= 0.3 is 5.97 Å². The van der Waals surface area contributed by atoms with Gasteiger partial charge < -0.3 is 15.2 Å². The molecule has 0 aromatic carbocycles. The van der Waals surface area contributed by atoms with Crippen molar-refractivity contribution in [2.24, 2.45) is 0 Å². The predicted molar refractivity (Wildman–Crippen MR) is 79.6 cm³/mol. The molecule has 0 saturated carbocycles. The van der Waals surface area contributed by atoms with Crippen LogP contribution in [0.2, 0.25) is 0 Å². The molecule has 2 rings (SSSR count). The summed E-state index contributed by atoms with van der Waals surface area (Å²) in [6.07, 6.45) is 1.11. The number of rotatable bonds is 7. The van der Waals surface area contributed by atoms with Crippen molar-refractivity contribution in [2.75, 3.05) is 39.4 Å². The Hall–Kier alpha value is -0.950. The molecule has 1 aromatic rings. The number of aromatic carboxylic acids is 1. The van der Waals surface area contributed by atoms with E-state index in [-0.39, 0.29) is 0 Å². The Balaban J connectivity index is 1.64. The molecule has 1 saturated heterocycles. The van der Waals surface area contributed by atoms with Gasteiger partial charge in [-0.3, -0.25) is 4.90 Å². The minimum Gasteiger partial charge on any atom is -0.477 e. The van der Waals surface area contributed by atoms with E-state index in [1.165, 1.54) is 11.3 Å². The van der Waals surface area contributed by atoms with Gasteiger partial charge in [0.05, 0.1) is 13.2 Å². The number of hydrogen-bond acceptors (Lipinski definition) is 5. The molecule has 1 fully saturated rings. The first kappa shape index (κ1) is 15.4. The number of thiophene rings is 1. The van der Waals surface area contributed by atoms with Crippen molar-refractivity contribution in [3.63, 3.8) is 0 Å². The molecule has 2 N–H and O–H groups in total. The van der Waals surface area contributed by atoms with E-state index in [1.54, 1.807) is 6.07 Å². The molecule has 1 aromatic heterocycles. The number of aryl methyl sites for hydroxylation is 1. The number of ether oxygens (including phenoxy) is 1. The van der Waals surface area contributed by atoms with Crippen molar-refractivity contribution in [2.45, 2.75) is 19.9 Å². The molecule has 2 heterocycles. The summed E-state index contributed by atoms with van der Waals surface area (Å²) in [6.45, 7) is 8.53. The second kappa shape index (κ2) is 7.73. The molecule has 5 nitrogen and oxygen atoms in total. The number of carbonyl (C=O) groups is 1. The van der Waals surface area contributed by atoms with Crippen molar-refractivity contribution in [1.29, 1.82) is 0 Å². The monoisotopic (exact) mass is 298 g/mol. The maximum atomic E-state index is 10.9. The largest absolute Gasteiger partial charge is 0.477 e. The number of nitrogens with zero attached hydrogens (tertiary/aromatic N) is 1. The van der Waals surface area contributed by atoms with Crippen molar-refractivity contribution in [3.05, 3.63) is 21.4 Å². The van der Waals surface area contributed by atoms with E-state index < -0.39 is 5.97 Å². The van der Waals surface area contributed by atoms with Gasteiger partial charge in [0, 0.05) is 24.5 Å². The molecule has 1 aliphatic rings. The van der Waals surface area contributed by atoms with E-state index in [1.807, 2.05) is 6.92 Å². The Bertz CT molecular complexity index is 442. The molecule has 0 unspecified atom stereocenters. The van der Waals surface area contributed by atoms with Gasteiger partial charge in [-0.2, -0.15) is 0 Å². The molecule has 0 bridgehead atoms. The molecule has 20 heavy (non-hydrogen) atoms. The number of carboxylic acid groups (broad SMARTS) is 1. The summed E-state index contributed by atoms with van der Waals surface area (Å²) in [4.78, 5) is 14.8. The Morgan fingerprint density at radius 3 is 2.90 bits per heavy atom.